The minimum Gasteiger partial charge on any atom is -0.388 e. The van der Waals surface area contributed by atoms with Crippen molar-refractivity contribution in [2.75, 3.05) is 0 Å². The van der Waals surface area contributed by atoms with Gasteiger partial charge in [0.1, 0.15) is 11.6 Å². The van der Waals surface area contributed by atoms with Gasteiger partial charge in [0.2, 0.25) is 0 Å². The number of carbonyl (C=O) groups excluding carboxylic acids is 4. The number of hydrogen-bond donors (Lipinski definition) is 1. The topological polar surface area (TPSA) is 88.5 Å². The lowest BCUT2D eigenvalue weighted by atomic mass is 9.63. The van der Waals surface area contributed by atoms with Crippen LogP contribution in [0.2, 0.25) is 0 Å². The predicted molar refractivity (Wildman–Crippen MR) is 85.8 cm³/mol. The highest BCUT2D eigenvalue weighted by Gasteiger charge is 2.51. The Balaban J connectivity index is 2.19. The number of carbonyl (C=O) groups is 4. The van der Waals surface area contributed by atoms with E-state index in [0.717, 1.165) is 0 Å². The molecule has 0 spiro atoms. The zero-order chi connectivity index (χ0) is 17.6. The molecule has 2 atom stereocenters. The van der Waals surface area contributed by atoms with Crippen molar-refractivity contribution in [1.29, 1.82) is 0 Å². The minimum absolute atomic E-state index is 0.0706. The van der Waals surface area contributed by atoms with E-state index in [2.05, 4.69) is 0 Å². The smallest absolute Gasteiger partial charge is 0.191 e. The molecule has 1 N–H and O–H groups in total. The van der Waals surface area contributed by atoms with Crippen LogP contribution in [0.3, 0.4) is 0 Å². The lowest BCUT2D eigenvalue weighted by Crippen LogP contribution is -2.50. The SMILES string of the molecule is CC(=O)C[C@@]1(O)CCC2=C(C(=O)c3ccccc3C2=O)[C@H]1C(C)=O. The fourth-order valence-electron chi connectivity index (χ4n) is 3.96. The van der Waals surface area contributed by atoms with Gasteiger partial charge in [-0.1, -0.05) is 24.3 Å². The molecule has 1 aromatic carbocycles. The van der Waals surface area contributed by atoms with Crippen LogP contribution in [0.1, 0.15) is 53.8 Å². The fraction of sp³-hybridized carbons (Fsp3) is 0.368. The molecular weight excluding hydrogens is 308 g/mol. The third-order valence-electron chi connectivity index (χ3n) is 4.86. The van der Waals surface area contributed by atoms with E-state index in [1.807, 2.05) is 0 Å². The van der Waals surface area contributed by atoms with Gasteiger partial charge in [-0.2, -0.15) is 0 Å². The number of rotatable bonds is 3. The van der Waals surface area contributed by atoms with Crippen molar-refractivity contribution in [2.24, 2.45) is 5.92 Å². The summed E-state index contributed by atoms with van der Waals surface area (Å²) in [5, 5.41) is 10.9. The Kier molecular flexibility index (Phi) is 3.84. The Hall–Kier alpha value is -2.40. The number of aliphatic hydroxyl groups is 1. The van der Waals surface area contributed by atoms with Crippen molar-refractivity contribution in [3.63, 3.8) is 0 Å². The monoisotopic (exact) mass is 326 g/mol. The molecule has 2 aliphatic carbocycles. The molecule has 0 aromatic heterocycles. The van der Waals surface area contributed by atoms with E-state index in [1.54, 1.807) is 24.3 Å². The van der Waals surface area contributed by atoms with Gasteiger partial charge in [-0.15, -0.1) is 0 Å². The van der Waals surface area contributed by atoms with E-state index in [9.17, 15) is 24.3 Å². The van der Waals surface area contributed by atoms with E-state index in [0.29, 0.717) is 11.1 Å². The van der Waals surface area contributed by atoms with Crippen LogP contribution in [-0.4, -0.2) is 33.8 Å². The predicted octanol–water partition coefficient (Wildman–Crippen LogP) is 2.07. The largest absolute Gasteiger partial charge is 0.388 e. The Morgan fingerprint density at radius 3 is 2.25 bits per heavy atom. The molecule has 0 radical (unpaired) electrons. The van der Waals surface area contributed by atoms with E-state index < -0.39 is 23.1 Å². The molecule has 0 saturated carbocycles. The van der Waals surface area contributed by atoms with Crippen LogP contribution in [0.25, 0.3) is 0 Å². The summed E-state index contributed by atoms with van der Waals surface area (Å²) in [6, 6.07) is 6.49. The molecule has 5 heteroatoms. The maximum atomic E-state index is 12.9. The lowest BCUT2D eigenvalue weighted by molar-refractivity contribution is -0.134. The van der Waals surface area contributed by atoms with Crippen LogP contribution < -0.4 is 0 Å². The van der Waals surface area contributed by atoms with Crippen molar-refractivity contribution in [3.8, 4) is 0 Å². The van der Waals surface area contributed by atoms with Gasteiger partial charge in [0.15, 0.2) is 11.6 Å². The van der Waals surface area contributed by atoms with Crippen molar-refractivity contribution in [1.82, 2.24) is 0 Å². The second-order valence-corrected chi connectivity index (χ2v) is 6.62. The third kappa shape index (κ3) is 2.36. The first-order valence-electron chi connectivity index (χ1n) is 7.90. The summed E-state index contributed by atoms with van der Waals surface area (Å²) in [7, 11) is 0. The van der Waals surface area contributed by atoms with Crippen molar-refractivity contribution >= 4 is 23.1 Å². The summed E-state index contributed by atoms with van der Waals surface area (Å²) in [5.41, 5.74) is -0.660. The van der Waals surface area contributed by atoms with Crippen LogP contribution in [0.4, 0.5) is 0 Å². The van der Waals surface area contributed by atoms with Crippen LogP contribution in [-0.2, 0) is 9.59 Å². The fourth-order valence-corrected chi connectivity index (χ4v) is 3.96. The maximum Gasteiger partial charge on any atom is 0.191 e. The van der Waals surface area contributed by atoms with E-state index in [1.165, 1.54) is 13.8 Å². The molecule has 0 bridgehead atoms. The number of allylic oxidation sites excluding steroid dienone is 1. The van der Waals surface area contributed by atoms with Crippen molar-refractivity contribution in [3.05, 3.63) is 46.5 Å². The minimum atomic E-state index is -1.61. The Morgan fingerprint density at radius 2 is 1.71 bits per heavy atom. The third-order valence-corrected chi connectivity index (χ3v) is 4.86. The maximum absolute atomic E-state index is 12.9. The zero-order valence-corrected chi connectivity index (χ0v) is 13.6. The lowest BCUT2D eigenvalue weighted by Gasteiger charge is -2.41. The highest BCUT2D eigenvalue weighted by molar-refractivity contribution is 6.28. The van der Waals surface area contributed by atoms with Gasteiger partial charge in [-0.05, 0) is 26.7 Å². The molecule has 0 amide bonds. The summed E-state index contributed by atoms with van der Waals surface area (Å²) in [6.07, 6.45) is 0.0792. The summed E-state index contributed by atoms with van der Waals surface area (Å²) in [5.74, 6) is -2.48. The van der Waals surface area contributed by atoms with Gasteiger partial charge < -0.3 is 5.11 Å². The molecule has 0 saturated heterocycles. The van der Waals surface area contributed by atoms with E-state index >= 15 is 0 Å². The van der Waals surface area contributed by atoms with Gasteiger partial charge in [-0.3, -0.25) is 19.2 Å². The van der Waals surface area contributed by atoms with Crippen LogP contribution in [0, 0.1) is 5.92 Å². The van der Waals surface area contributed by atoms with E-state index in [4.69, 9.17) is 0 Å². The second kappa shape index (κ2) is 5.60. The second-order valence-electron chi connectivity index (χ2n) is 6.62. The highest BCUT2D eigenvalue weighted by atomic mass is 16.3. The molecule has 0 unspecified atom stereocenters. The van der Waals surface area contributed by atoms with Gasteiger partial charge in [0, 0.05) is 28.7 Å². The Labute approximate surface area is 139 Å². The molecule has 5 nitrogen and oxygen atoms in total. The first-order chi connectivity index (χ1) is 11.3. The normalized spacial score (nSPS) is 26.0. The number of hydrogen-bond acceptors (Lipinski definition) is 5. The standard InChI is InChI=1S/C19H18O5/c1-10(20)9-19(24)8-7-14-15(16(19)11(2)21)18(23)13-6-4-3-5-12(13)17(14)22/h3-6,16,24H,7-9H2,1-2H3/t16-,19+/m1/s1. The molecule has 124 valence electrons. The molecule has 24 heavy (non-hydrogen) atoms. The van der Waals surface area contributed by atoms with E-state index in [-0.39, 0.29) is 42.0 Å². The number of benzene rings is 1. The Morgan fingerprint density at radius 1 is 1.12 bits per heavy atom. The Bertz CT molecular complexity index is 817. The highest BCUT2D eigenvalue weighted by Crippen LogP contribution is 2.45. The van der Waals surface area contributed by atoms with Gasteiger partial charge in [0.05, 0.1) is 11.5 Å². The average molecular weight is 326 g/mol. The summed E-state index contributed by atoms with van der Waals surface area (Å²) in [4.78, 5) is 49.5. The molecule has 0 aliphatic heterocycles. The average Bonchev–Trinajstić information content (AvgIpc) is 2.50. The van der Waals surface area contributed by atoms with Crippen LogP contribution >= 0.6 is 0 Å². The quantitative estimate of drug-likeness (QED) is 0.918. The summed E-state index contributed by atoms with van der Waals surface area (Å²) >= 11 is 0. The molecule has 3 rings (SSSR count). The molecule has 0 heterocycles. The van der Waals surface area contributed by atoms with Gasteiger partial charge in [-0.25, -0.2) is 0 Å². The first kappa shape index (κ1) is 16.5. The molecule has 0 fully saturated rings. The van der Waals surface area contributed by atoms with Crippen molar-refractivity contribution < 1.29 is 24.3 Å². The zero-order valence-electron chi connectivity index (χ0n) is 13.6. The molecule has 2 aliphatic rings. The summed E-state index contributed by atoms with van der Waals surface area (Å²) < 4.78 is 0. The van der Waals surface area contributed by atoms with Crippen LogP contribution in [0.15, 0.2) is 35.4 Å². The van der Waals surface area contributed by atoms with Gasteiger partial charge in [0.25, 0.3) is 0 Å². The molecular formula is C19H18O5. The van der Waals surface area contributed by atoms with Crippen molar-refractivity contribution in [2.45, 2.75) is 38.7 Å². The van der Waals surface area contributed by atoms with Crippen LogP contribution in [0.5, 0.6) is 0 Å². The first-order valence-corrected chi connectivity index (χ1v) is 7.90. The molecule has 1 aromatic rings. The number of ketones is 4. The number of Topliss-reactive ketones (excluding diaryl/α,β-unsaturated/α-hetero) is 4. The summed E-state index contributed by atoms with van der Waals surface area (Å²) in [6.45, 7) is 2.62. The number of fused-ring (bicyclic) bond motifs is 1. The van der Waals surface area contributed by atoms with Gasteiger partial charge >= 0.3 is 0 Å².